The molecule has 0 bridgehead atoms. The number of aromatic nitrogens is 2. The van der Waals surface area contributed by atoms with Crippen LogP contribution in [-0.4, -0.2) is 9.55 Å². The second-order valence-electron chi connectivity index (χ2n) is 10.7. The summed E-state index contributed by atoms with van der Waals surface area (Å²) >= 11 is 0. The molecule has 0 N–H and O–H groups in total. The van der Waals surface area contributed by atoms with E-state index in [9.17, 15) is 0 Å². The molecule has 182 valence electrons. The lowest BCUT2D eigenvalue weighted by atomic mass is 9.90. The normalized spacial score (nSPS) is 15.9. The van der Waals surface area contributed by atoms with Crippen molar-refractivity contribution < 1.29 is 0 Å². The predicted molar refractivity (Wildman–Crippen MR) is 164 cm³/mol. The van der Waals surface area contributed by atoms with Crippen molar-refractivity contribution in [1.82, 2.24) is 9.55 Å². The van der Waals surface area contributed by atoms with E-state index in [1.165, 1.54) is 71.4 Å². The average Bonchev–Trinajstić information content (AvgIpc) is 3.52. The molecule has 2 aliphatic carbocycles. The quantitative estimate of drug-likeness (QED) is 0.233. The topological polar surface area (TPSA) is 17.8 Å². The Bertz CT molecular complexity index is 2180. The lowest BCUT2D eigenvalue weighted by Crippen LogP contribution is -2.08. The Labute approximate surface area is 226 Å². The van der Waals surface area contributed by atoms with E-state index >= 15 is 0 Å². The van der Waals surface area contributed by atoms with Gasteiger partial charge in [0, 0.05) is 27.9 Å². The minimum absolute atomic E-state index is 0.224. The molecule has 2 heteroatoms. The molecule has 0 radical (unpaired) electrons. The van der Waals surface area contributed by atoms with Crippen LogP contribution >= 0.6 is 0 Å². The molecule has 0 saturated heterocycles. The number of para-hydroxylation sites is 1. The zero-order chi connectivity index (χ0) is 25.5. The summed E-state index contributed by atoms with van der Waals surface area (Å²) in [5, 5.41) is 6.51. The van der Waals surface area contributed by atoms with Gasteiger partial charge in [0.25, 0.3) is 0 Å². The van der Waals surface area contributed by atoms with Gasteiger partial charge in [-0.1, -0.05) is 97.1 Å². The van der Waals surface area contributed by atoms with E-state index in [1.54, 1.807) is 0 Å². The molecular weight excluding hydrogens is 472 g/mol. The van der Waals surface area contributed by atoms with Gasteiger partial charge in [-0.15, -0.1) is 0 Å². The summed E-state index contributed by atoms with van der Waals surface area (Å²) in [7, 11) is 0. The highest BCUT2D eigenvalue weighted by Crippen LogP contribution is 2.49. The van der Waals surface area contributed by atoms with Crippen molar-refractivity contribution in [2.75, 3.05) is 0 Å². The number of hydrogen-bond donors (Lipinski definition) is 0. The molecule has 2 aromatic heterocycles. The number of fused-ring (bicyclic) bond motifs is 8. The maximum Gasteiger partial charge on any atom is 0.0709 e. The zero-order valence-electron chi connectivity index (χ0n) is 21.3. The average molecular weight is 497 g/mol. The highest BCUT2D eigenvalue weighted by Gasteiger charge is 2.24. The van der Waals surface area contributed by atoms with Gasteiger partial charge in [0.2, 0.25) is 0 Å². The Morgan fingerprint density at radius 3 is 2.23 bits per heavy atom. The molecule has 0 spiro atoms. The molecule has 0 fully saturated rings. The first-order valence-electron chi connectivity index (χ1n) is 13.7. The van der Waals surface area contributed by atoms with E-state index in [2.05, 4.69) is 125 Å². The standard InChI is InChI=1S/C37H24N2/c1-2-11-27-26(10-1)29-14-6-13-28-25(17-18-30(27)36(28)29)23-8-5-9-24(22-23)39-34-16-4-3-12-32(34)37-31-15-7-21-38-33(31)19-20-35(37)39/h1-8,10-22,24H,9H2. The Balaban J connectivity index is 1.27. The van der Waals surface area contributed by atoms with Gasteiger partial charge >= 0.3 is 0 Å². The second-order valence-corrected chi connectivity index (χ2v) is 10.7. The zero-order valence-corrected chi connectivity index (χ0v) is 21.3. The summed E-state index contributed by atoms with van der Waals surface area (Å²) in [6.45, 7) is 0. The van der Waals surface area contributed by atoms with Gasteiger partial charge in [-0.05, 0) is 74.8 Å². The molecule has 7 aromatic rings. The van der Waals surface area contributed by atoms with Gasteiger partial charge in [-0.25, -0.2) is 0 Å². The smallest absolute Gasteiger partial charge is 0.0709 e. The molecule has 0 saturated carbocycles. The van der Waals surface area contributed by atoms with Crippen LogP contribution in [0.1, 0.15) is 18.0 Å². The SMILES string of the molecule is C1=CC(c2ccc3c4c(cccc24)-c2ccccc2-3)=CC(n2c3ccccc3c3c4cccnc4ccc32)C1. The Morgan fingerprint density at radius 1 is 0.564 bits per heavy atom. The maximum atomic E-state index is 4.64. The van der Waals surface area contributed by atoms with Gasteiger partial charge < -0.3 is 4.57 Å². The summed E-state index contributed by atoms with van der Waals surface area (Å²) < 4.78 is 2.54. The fourth-order valence-electron chi connectivity index (χ4n) is 7.09. The highest BCUT2D eigenvalue weighted by molar-refractivity contribution is 6.20. The molecule has 2 heterocycles. The van der Waals surface area contributed by atoms with E-state index in [0.29, 0.717) is 0 Å². The van der Waals surface area contributed by atoms with Gasteiger partial charge in [0.15, 0.2) is 0 Å². The first-order chi connectivity index (χ1) is 19.4. The Kier molecular flexibility index (Phi) is 4.20. The number of rotatable bonds is 2. The van der Waals surface area contributed by atoms with Crippen LogP contribution in [0.3, 0.4) is 0 Å². The molecule has 1 unspecified atom stereocenters. The van der Waals surface area contributed by atoms with E-state index < -0.39 is 0 Å². The van der Waals surface area contributed by atoms with Crippen LogP contribution in [0.25, 0.3) is 71.3 Å². The molecule has 2 aliphatic rings. The summed E-state index contributed by atoms with van der Waals surface area (Å²) in [6.07, 6.45) is 9.99. The van der Waals surface area contributed by atoms with Gasteiger partial charge in [0.05, 0.1) is 17.1 Å². The number of nitrogens with zero attached hydrogens (tertiary/aromatic N) is 2. The summed E-state index contributed by atoms with van der Waals surface area (Å²) in [4.78, 5) is 4.64. The molecule has 0 amide bonds. The monoisotopic (exact) mass is 496 g/mol. The second kappa shape index (κ2) is 7.78. The summed E-state index contributed by atoms with van der Waals surface area (Å²) in [6, 6.07) is 37.9. The summed E-state index contributed by atoms with van der Waals surface area (Å²) in [5.41, 5.74) is 11.6. The van der Waals surface area contributed by atoms with Crippen LogP contribution in [0.4, 0.5) is 0 Å². The van der Waals surface area contributed by atoms with E-state index in [4.69, 9.17) is 0 Å². The van der Waals surface area contributed by atoms with Gasteiger partial charge in [-0.2, -0.15) is 0 Å². The molecular formula is C37H24N2. The van der Waals surface area contributed by atoms with Gasteiger partial charge in [0.1, 0.15) is 0 Å². The number of hydrogen-bond acceptors (Lipinski definition) is 1. The van der Waals surface area contributed by atoms with Crippen LogP contribution in [0, 0.1) is 0 Å². The maximum absolute atomic E-state index is 4.64. The fourth-order valence-corrected chi connectivity index (χ4v) is 7.09. The number of pyridine rings is 1. The van der Waals surface area contributed by atoms with E-state index in [-0.39, 0.29) is 6.04 Å². The van der Waals surface area contributed by atoms with Crippen molar-refractivity contribution in [2.24, 2.45) is 0 Å². The highest BCUT2D eigenvalue weighted by atomic mass is 15.0. The number of benzene rings is 5. The Morgan fingerprint density at radius 2 is 1.31 bits per heavy atom. The van der Waals surface area contributed by atoms with Crippen molar-refractivity contribution in [1.29, 1.82) is 0 Å². The Hall–Kier alpha value is -4.95. The number of allylic oxidation sites excluding steroid dienone is 4. The third-order valence-electron chi connectivity index (χ3n) is 8.69. The lowest BCUT2D eigenvalue weighted by molar-refractivity contribution is 0.650. The van der Waals surface area contributed by atoms with Crippen LogP contribution in [-0.2, 0) is 0 Å². The van der Waals surface area contributed by atoms with Crippen LogP contribution in [0.15, 0.2) is 128 Å². The van der Waals surface area contributed by atoms with E-state index in [1.807, 2.05) is 12.3 Å². The summed E-state index contributed by atoms with van der Waals surface area (Å²) in [5.74, 6) is 0. The fraction of sp³-hybridized carbons (Fsp3) is 0.0541. The molecule has 0 aliphatic heterocycles. The minimum Gasteiger partial charge on any atom is -0.333 e. The minimum atomic E-state index is 0.224. The first kappa shape index (κ1) is 21.0. The van der Waals surface area contributed by atoms with Crippen molar-refractivity contribution in [2.45, 2.75) is 12.5 Å². The largest absolute Gasteiger partial charge is 0.333 e. The van der Waals surface area contributed by atoms with Crippen LogP contribution in [0.5, 0.6) is 0 Å². The molecule has 5 aromatic carbocycles. The van der Waals surface area contributed by atoms with E-state index in [0.717, 1.165) is 11.9 Å². The third kappa shape index (κ3) is 2.83. The van der Waals surface area contributed by atoms with Gasteiger partial charge in [-0.3, -0.25) is 4.98 Å². The van der Waals surface area contributed by atoms with Crippen molar-refractivity contribution >= 4 is 49.1 Å². The molecule has 1 atom stereocenters. The van der Waals surface area contributed by atoms with Crippen molar-refractivity contribution in [3.8, 4) is 22.3 Å². The molecule has 2 nitrogen and oxygen atoms in total. The molecule has 39 heavy (non-hydrogen) atoms. The predicted octanol–water partition coefficient (Wildman–Crippen LogP) is 9.73. The van der Waals surface area contributed by atoms with Crippen LogP contribution in [0.2, 0.25) is 0 Å². The van der Waals surface area contributed by atoms with Crippen LogP contribution < -0.4 is 0 Å². The lowest BCUT2D eigenvalue weighted by Gasteiger charge is -2.22. The van der Waals surface area contributed by atoms with Crippen molar-refractivity contribution in [3.05, 3.63) is 133 Å². The first-order valence-corrected chi connectivity index (χ1v) is 13.7. The molecule has 9 rings (SSSR count). The third-order valence-corrected chi connectivity index (χ3v) is 8.69. The van der Waals surface area contributed by atoms with Crippen molar-refractivity contribution in [3.63, 3.8) is 0 Å².